The van der Waals surface area contributed by atoms with Crippen molar-refractivity contribution in [3.63, 3.8) is 0 Å². The summed E-state index contributed by atoms with van der Waals surface area (Å²) in [6, 6.07) is 16.8. The van der Waals surface area contributed by atoms with Crippen molar-refractivity contribution in [2.75, 3.05) is 18.4 Å². The molecule has 5 amide bonds. The van der Waals surface area contributed by atoms with E-state index >= 15 is 0 Å². The van der Waals surface area contributed by atoms with E-state index in [4.69, 9.17) is 11.5 Å². The van der Waals surface area contributed by atoms with Crippen LogP contribution in [0, 0.1) is 32.6 Å². The minimum absolute atomic E-state index is 0.00705. The van der Waals surface area contributed by atoms with Gasteiger partial charge in [0.25, 0.3) is 5.91 Å². The SMILES string of the molecule is Cc1cc2cc(c1NC(=O)[C@H](CCN)NC(=O)c1c(C)nc(C#Cc3ccc(C(C)(C)C)cc3)nc1C)-c1cccc(c1)CC(=O)NCC(=O)NC(C(N)=O)C2. The average molecular weight is 757 g/mol. The van der Waals surface area contributed by atoms with E-state index in [1.54, 1.807) is 39.0 Å². The lowest BCUT2D eigenvalue weighted by Gasteiger charge is -2.23. The average Bonchev–Trinajstić information content (AvgIpc) is 3.13. The summed E-state index contributed by atoms with van der Waals surface area (Å²) in [6.45, 7) is 11.4. The van der Waals surface area contributed by atoms with Crippen LogP contribution in [-0.2, 0) is 37.4 Å². The molecular weight excluding hydrogens is 709 g/mol. The number of nitrogens with two attached hydrogens (primary N) is 2. The Kier molecular flexibility index (Phi) is 12.7. The Labute approximate surface area is 326 Å². The zero-order valence-corrected chi connectivity index (χ0v) is 32.6. The zero-order chi connectivity index (χ0) is 40.7. The molecular formula is C43H48N8O5. The van der Waals surface area contributed by atoms with E-state index in [1.807, 2.05) is 42.5 Å². The maximum Gasteiger partial charge on any atom is 0.255 e. The number of hydrogen-bond acceptors (Lipinski definition) is 8. The van der Waals surface area contributed by atoms with Gasteiger partial charge in [-0.15, -0.1) is 0 Å². The monoisotopic (exact) mass is 756 g/mol. The number of primary amides is 1. The van der Waals surface area contributed by atoms with Crippen molar-refractivity contribution in [2.45, 2.75) is 78.3 Å². The number of fused-ring (bicyclic) bond motifs is 5. The molecule has 0 spiro atoms. The van der Waals surface area contributed by atoms with E-state index in [1.165, 1.54) is 5.56 Å². The van der Waals surface area contributed by atoms with Crippen molar-refractivity contribution in [1.82, 2.24) is 25.9 Å². The molecule has 13 nitrogen and oxygen atoms in total. The van der Waals surface area contributed by atoms with Crippen molar-refractivity contribution < 1.29 is 24.0 Å². The number of hydrogen-bond donors (Lipinski definition) is 6. The van der Waals surface area contributed by atoms with Crippen molar-refractivity contribution in [1.29, 1.82) is 0 Å². The molecule has 0 saturated heterocycles. The molecule has 1 aliphatic rings. The molecule has 1 unspecified atom stereocenters. The lowest BCUT2D eigenvalue weighted by Crippen LogP contribution is -2.49. The molecule has 0 aliphatic carbocycles. The van der Waals surface area contributed by atoms with Gasteiger partial charge in [0.05, 0.1) is 35.6 Å². The van der Waals surface area contributed by atoms with Gasteiger partial charge < -0.3 is 32.7 Å². The van der Waals surface area contributed by atoms with E-state index in [0.29, 0.717) is 44.9 Å². The maximum atomic E-state index is 14.0. The van der Waals surface area contributed by atoms with Gasteiger partial charge in [-0.05, 0) is 91.1 Å². The number of rotatable bonds is 7. The molecule has 1 aliphatic heterocycles. The number of benzene rings is 3. The standard InChI is InChI=1S/C43H48N8O5/c1-24-18-29-20-32(30-9-7-8-28(19-30)22-36(52)46-23-37(53)49-34(21-29)40(45)54)39(24)51-41(55)33(16-17-44)50-42(56)38-25(2)47-35(48-26(38)3)15-12-27-10-13-31(14-11-27)43(4,5)6/h7-11,13-14,18-20,33-34H,16-17,21-23,44H2,1-6H3,(H2,45,54)(H,46,52)(H,49,53)(H,50,56)(H,51,55)/t33-,34?/m0/s1. The van der Waals surface area contributed by atoms with E-state index in [0.717, 1.165) is 5.56 Å². The first-order valence-electron chi connectivity index (χ1n) is 18.4. The van der Waals surface area contributed by atoms with Crippen LogP contribution in [0.3, 0.4) is 0 Å². The second kappa shape index (κ2) is 17.4. The van der Waals surface area contributed by atoms with Crippen LogP contribution in [0.5, 0.6) is 0 Å². The highest BCUT2D eigenvalue weighted by Gasteiger charge is 2.27. The molecule has 13 heteroatoms. The fourth-order valence-electron chi connectivity index (χ4n) is 6.51. The first kappa shape index (κ1) is 40.8. The second-order valence-electron chi connectivity index (χ2n) is 15.0. The van der Waals surface area contributed by atoms with Crippen molar-refractivity contribution in [3.05, 3.63) is 111 Å². The quantitative estimate of drug-likeness (QED) is 0.154. The topological polar surface area (TPSA) is 211 Å². The van der Waals surface area contributed by atoms with Crippen molar-refractivity contribution in [3.8, 4) is 23.0 Å². The minimum Gasteiger partial charge on any atom is -0.368 e. The van der Waals surface area contributed by atoms with Gasteiger partial charge in [0.1, 0.15) is 12.1 Å². The predicted molar refractivity (Wildman–Crippen MR) is 214 cm³/mol. The first-order valence-corrected chi connectivity index (χ1v) is 18.4. The number of anilines is 1. The number of amides is 5. The summed E-state index contributed by atoms with van der Waals surface area (Å²) < 4.78 is 0. The van der Waals surface area contributed by atoms with Crippen LogP contribution < -0.4 is 32.7 Å². The fraction of sp³-hybridized carbons (Fsp3) is 0.326. The van der Waals surface area contributed by atoms with E-state index in [2.05, 4.69) is 63.8 Å². The summed E-state index contributed by atoms with van der Waals surface area (Å²) in [6.07, 6.45) is 0.191. The summed E-state index contributed by atoms with van der Waals surface area (Å²) >= 11 is 0. The fourth-order valence-corrected chi connectivity index (χ4v) is 6.51. The molecule has 0 fully saturated rings. The van der Waals surface area contributed by atoms with Crippen LogP contribution in [0.25, 0.3) is 11.1 Å². The van der Waals surface area contributed by atoms with E-state index in [-0.39, 0.29) is 55.1 Å². The minimum atomic E-state index is -1.05. The number of aryl methyl sites for hydroxylation is 3. The highest BCUT2D eigenvalue weighted by molar-refractivity contribution is 6.04. The highest BCUT2D eigenvalue weighted by Crippen LogP contribution is 2.34. The molecule has 5 rings (SSSR count). The lowest BCUT2D eigenvalue weighted by atomic mass is 9.87. The van der Waals surface area contributed by atoms with Gasteiger partial charge in [-0.3, -0.25) is 24.0 Å². The number of carbonyl (C=O) groups excluding carboxylic acids is 5. The predicted octanol–water partition coefficient (Wildman–Crippen LogP) is 3.04. The van der Waals surface area contributed by atoms with E-state index < -0.39 is 35.7 Å². The summed E-state index contributed by atoms with van der Waals surface area (Å²) in [5, 5.41) is 11.0. The third-order valence-electron chi connectivity index (χ3n) is 9.46. The van der Waals surface area contributed by atoms with Gasteiger partial charge in [0.2, 0.25) is 29.5 Å². The van der Waals surface area contributed by atoms with E-state index in [9.17, 15) is 24.0 Å². The maximum absolute atomic E-state index is 14.0. The van der Waals surface area contributed by atoms with Gasteiger partial charge in [-0.25, -0.2) is 9.97 Å². The summed E-state index contributed by atoms with van der Waals surface area (Å²) in [7, 11) is 0. The normalized spacial score (nSPS) is 14.9. The Morgan fingerprint density at radius 2 is 1.62 bits per heavy atom. The Morgan fingerprint density at radius 1 is 0.929 bits per heavy atom. The molecule has 2 heterocycles. The molecule has 290 valence electrons. The Bertz CT molecular complexity index is 2230. The van der Waals surface area contributed by atoms with Gasteiger partial charge in [0, 0.05) is 17.5 Å². The Balaban J connectivity index is 1.42. The molecule has 4 bridgehead atoms. The van der Waals surface area contributed by atoms with Gasteiger partial charge >= 0.3 is 0 Å². The second-order valence-corrected chi connectivity index (χ2v) is 15.0. The Morgan fingerprint density at radius 3 is 2.27 bits per heavy atom. The van der Waals surface area contributed by atoms with Crippen LogP contribution >= 0.6 is 0 Å². The van der Waals surface area contributed by atoms with Crippen LogP contribution in [0.4, 0.5) is 5.69 Å². The molecule has 56 heavy (non-hydrogen) atoms. The van der Waals surface area contributed by atoms with Gasteiger partial charge in [-0.2, -0.15) is 0 Å². The van der Waals surface area contributed by atoms with Crippen LogP contribution in [0.1, 0.15) is 82.6 Å². The van der Waals surface area contributed by atoms with Crippen LogP contribution in [0.15, 0.2) is 60.7 Å². The molecule has 2 atom stereocenters. The lowest BCUT2D eigenvalue weighted by molar-refractivity contribution is -0.128. The molecule has 8 N–H and O–H groups in total. The molecule has 0 radical (unpaired) electrons. The number of carbonyl (C=O) groups is 5. The van der Waals surface area contributed by atoms with Crippen LogP contribution in [-0.4, -0.2) is 64.7 Å². The van der Waals surface area contributed by atoms with Crippen LogP contribution in [0.2, 0.25) is 0 Å². The number of nitrogens with one attached hydrogen (secondary N) is 4. The number of aromatic nitrogens is 2. The summed E-state index contributed by atoms with van der Waals surface area (Å²) in [4.78, 5) is 74.3. The Hall–Kier alpha value is -6.39. The van der Waals surface area contributed by atoms with Gasteiger partial charge in [-0.1, -0.05) is 69.2 Å². The molecule has 3 aromatic carbocycles. The van der Waals surface area contributed by atoms with Gasteiger partial charge in [0.15, 0.2) is 0 Å². The zero-order valence-electron chi connectivity index (χ0n) is 32.6. The number of nitrogens with zero attached hydrogens (tertiary/aromatic N) is 2. The summed E-state index contributed by atoms with van der Waals surface area (Å²) in [5.41, 5.74) is 18.4. The third-order valence-corrected chi connectivity index (χ3v) is 9.46. The smallest absolute Gasteiger partial charge is 0.255 e. The summed E-state index contributed by atoms with van der Waals surface area (Å²) in [5.74, 6) is 3.63. The largest absolute Gasteiger partial charge is 0.368 e. The third kappa shape index (κ3) is 10.2. The van der Waals surface area contributed by atoms with Crippen molar-refractivity contribution in [2.24, 2.45) is 11.5 Å². The molecule has 0 saturated carbocycles. The first-order chi connectivity index (χ1) is 26.5. The van der Waals surface area contributed by atoms with Crippen molar-refractivity contribution >= 4 is 35.2 Å². The molecule has 4 aromatic rings. The highest BCUT2D eigenvalue weighted by atomic mass is 16.2. The molecule has 1 aromatic heterocycles.